The van der Waals surface area contributed by atoms with Gasteiger partial charge in [-0.3, -0.25) is 5.10 Å². The van der Waals surface area contributed by atoms with Crippen LogP contribution in [0.5, 0.6) is 0 Å². The smallest absolute Gasteiger partial charge is 0.345 e. The van der Waals surface area contributed by atoms with Gasteiger partial charge in [0.2, 0.25) is 0 Å². The third kappa shape index (κ3) is 3.74. The molecule has 3 aromatic heterocycles. The van der Waals surface area contributed by atoms with Crippen LogP contribution in [0.1, 0.15) is 5.01 Å². The molecule has 0 unspecified atom stereocenters. The van der Waals surface area contributed by atoms with Crippen LogP contribution >= 0.6 is 27.3 Å². The molecule has 0 atom stereocenters. The Labute approximate surface area is 187 Å². The van der Waals surface area contributed by atoms with Crippen molar-refractivity contribution in [3.8, 4) is 17.3 Å². The number of rotatable bonds is 4. The molecule has 2 N–H and O–H groups in total. The zero-order valence-electron chi connectivity index (χ0n) is 15.7. The van der Waals surface area contributed by atoms with Crippen molar-refractivity contribution < 1.29 is 4.42 Å². The van der Waals surface area contributed by atoms with Gasteiger partial charge in [-0.05, 0) is 42.5 Å². The van der Waals surface area contributed by atoms with Crippen LogP contribution in [0, 0.1) is 11.3 Å². The molecule has 7 nitrogen and oxygen atoms in total. The molecule has 0 aliphatic carbocycles. The average molecular weight is 490 g/mol. The lowest BCUT2D eigenvalue weighted by Crippen LogP contribution is -2.03. The maximum atomic E-state index is 12.4. The predicted octanol–water partition coefficient (Wildman–Crippen LogP) is 5.53. The minimum Gasteiger partial charge on any atom is -0.422 e. The molecule has 0 saturated carbocycles. The number of nitrogens with one attached hydrogen (secondary N) is 2. The first-order valence-corrected chi connectivity index (χ1v) is 10.8. The highest BCUT2D eigenvalue weighted by molar-refractivity contribution is 9.10. The number of thiazole rings is 1. The SMILES string of the molecule is N#CC(=CNc1ccc2cn[nH]c2c1)c1nc(-c2cc3cc(Br)ccc3oc2=O)cs1. The first-order chi connectivity index (χ1) is 15.1. The molecular formula is C22H12BrN5O2S. The summed E-state index contributed by atoms with van der Waals surface area (Å²) in [6.07, 6.45) is 3.34. The van der Waals surface area contributed by atoms with Crippen molar-refractivity contribution in [3.05, 3.63) is 80.1 Å². The lowest BCUT2D eigenvalue weighted by atomic mass is 10.1. The molecule has 0 saturated heterocycles. The highest BCUT2D eigenvalue weighted by Gasteiger charge is 2.14. The number of nitrogens with zero attached hydrogens (tertiary/aromatic N) is 3. The van der Waals surface area contributed by atoms with Gasteiger partial charge in [-0.2, -0.15) is 10.4 Å². The van der Waals surface area contributed by atoms with E-state index in [1.54, 1.807) is 29.9 Å². The highest BCUT2D eigenvalue weighted by atomic mass is 79.9. The number of nitriles is 1. The number of anilines is 1. The Morgan fingerprint density at radius 1 is 1.23 bits per heavy atom. The summed E-state index contributed by atoms with van der Waals surface area (Å²) in [6, 6.07) is 15.1. The Morgan fingerprint density at radius 2 is 2.13 bits per heavy atom. The summed E-state index contributed by atoms with van der Waals surface area (Å²) >= 11 is 4.71. The van der Waals surface area contributed by atoms with Gasteiger partial charge < -0.3 is 9.73 Å². The van der Waals surface area contributed by atoms with Gasteiger partial charge in [-0.25, -0.2) is 9.78 Å². The number of aromatic nitrogens is 3. The van der Waals surface area contributed by atoms with Crippen molar-refractivity contribution in [1.29, 1.82) is 5.26 Å². The van der Waals surface area contributed by atoms with E-state index in [0.717, 1.165) is 26.4 Å². The van der Waals surface area contributed by atoms with E-state index < -0.39 is 5.63 Å². The Bertz CT molecular complexity index is 1570. The third-order valence-corrected chi connectivity index (χ3v) is 6.02. The molecule has 9 heteroatoms. The Balaban J connectivity index is 1.46. The molecule has 2 aromatic carbocycles. The summed E-state index contributed by atoms with van der Waals surface area (Å²) in [4.78, 5) is 16.9. The molecule has 150 valence electrons. The van der Waals surface area contributed by atoms with Crippen molar-refractivity contribution in [2.75, 3.05) is 5.32 Å². The second kappa shape index (κ2) is 7.83. The van der Waals surface area contributed by atoms with E-state index in [9.17, 15) is 10.1 Å². The van der Waals surface area contributed by atoms with Gasteiger partial charge in [-0.15, -0.1) is 11.3 Å². The van der Waals surface area contributed by atoms with Gasteiger partial charge in [0.1, 0.15) is 22.2 Å². The summed E-state index contributed by atoms with van der Waals surface area (Å²) < 4.78 is 6.30. The lowest BCUT2D eigenvalue weighted by molar-refractivity contribution is 0.563. The maximum Gasteiger partial charge on any atom is 0.345 e. The van der Waals surface area contributed by atoms with E-state index in [-0.39, 0.29) is 0 Å². The second-order valence-electron chi connectivity index (χ2n) is 6.65. The summed E-state index contributed by atoms with van der Waals surface area (Å²) in [7, 11) is 0. The molecule has 0 radical (unpaired) electrons. The molecule has 5 rings (SSSR count). The zero-order valence-corrected chi connectivity index (χ0v) is 18.1. The normalized spacial score (nSPS) is 11.7. The van der Waals surface area contributed by atoms with E-state index in [4.69, 9.17) is 4.42 Å². The molecular weight excluding hydrogens is 478 g/mol. The second-order valence-corrected chi connectivity index (χ2v) is 8.43. The first-order valence-electron chi connectivity index (χ1n) is 9.10. The quantitative estimate of drug-likeness (QED) is 0.253. The summed E-state index contributed by atoms with van der Waals surface area (Å²) in [6.45, 7) is 0. The topological polar surface area (TPSA) is 108 Å². The average Bonchev–Trinajstić information content (AvgIpc) is 3.43. The van der Waals surface area contributed by atoms with Crippen molar-refractivity contribution in [2.45, 2.75) is 0 Å². The number of hydrogen-bond acceptors (Lipinski definition) is 7. The van der Waals surface area contributed by atoms with E-state index in [1.165, 1.54) is 11.3 Å². The van der Waals surface area contributed by atoms with Crippen molar-refractivity contribution in [2.24, 2.45) is 0 Å². The van der Waals surface area contributed by atoms with Crippen LogP contribution < -0.4 is 10.9 Å². The maximum absolute atomic E-state index is 12.4. The molecule has 0 fully saturated rings. The van der Waals surface area contributed by atoms with Crippen LogP contribution in [0.3, 0.4) is 0 Å². The largest absolute Gasteiger partial charge is 0.422 e. The van der Waals surface area contributed by atoms with Gasteiger partial charge in [0.15, 0.2) is 0 Å². The van der Waals surface area contributed by atoms with Crippen LogP contribution in [-0.2, 0) is 0 Å². The number of aromatic amines is 1. The predicted molar refractivity (Wildman–Crippen MR) is 125 cm³/mol. The van der Waals surface area contributed by atoms with Crippen LogP contribution in [-0.4, -0.2) is 15.2 Å². The van der Waals surface area contributed by atoms with Gasteiger partial charge in [0.05, 0.1) is 23.0 Å². The Hall–Kier alpha value is -3.74. The minimum atomic E-state index is -0.472. The van der Waals surface area contributed by atoms with Crippen molar-refractivity contribution in [1.82, 2.24) is 15.2 Å². The standard InChI is InChI=1S/C22H12BrN5O2S/c23-15-2-4-20-13(5-15)6-17(22(29)30-20)19-11-31-21(27-19)14(8-24)9-25-16-3-1-12-10-26-28-18(12)7-16/h1-7,9-11,25H,(H,26,28). The number of fused-ring (bicyclic) bond motifs is 2. The number of benzene rings is 2. The van der Waals surface area contributed by atoms with Gasteiger partial charge in [0, 0.05) is 32.5 Å². The molecule has 0 aliphatic heterocycles. The van der Waals surface area contributed by atoms with Crippen molar-refractivity contribution >= 4 is 60.4 Å². The summed E-state index contributed by atoms with van der Waals surface area (Å²) in [5, 5.41) is 23.7. The van der Waals surface area contributed by atoms with Crippen LogP contribution in [0.15, 0.2) is 73.9 Å². The fraction of sp³-hybridized carbons (Fsp3) is 0. The number of halogens is 1. The van der Waals surface area contributed by atoms with E-state index in [1.807, 2.05) is 30.3 Å². The molecule has 0 spiro atoms. The summed E-state index contributed by atoms with van der Waals surface area (Å²) in [5.41, 5.74) is 2.90. The van der Waals surface area contributed by atoms with Crippen LogP contribution in [0.2, 0.25) is 0 Å². The lowest BCUT2D eigenvalue weighted by Gasteiger charge is -2.02. The third-order valence-electron chi connectivity index (χ3n) is 4.65. The van der Waals surface area contributed by atoms with E-state index >= 15 is 0 Å². The molecule has 5 aromatic rings. The van der Waals surface area contributed by atoms with Gasteiger partial charge in [0.25, 0.3) is 0 Å². The minimum absolute atomic E-state index is 0.350. The summed E-state index contributed by atoms with van der Waals surface area (Å²) in [5.74, 6) is 0. The Morgan fingerprint density at radius 3 is 3.00 bits per heavy atom. The first kappa shape index (κ1) is 19.2. The van der Waals surface area contributed by atoms with Crippen LogP contribution in [0.4, 0.5) is 5.69 Å². The monoisotopic (exact) mass is 489 g/mol. The van der Waals surface area contributed by atoms with Gasteiger partial charge >= 0.3 is 5.63 Å². The molecule has 0 aliphatic rings. The molecule has 3 heterocycles. The molecule has 0 bridgehead atoms. The number of allylic oxidation sites excluding steroid dienone is 1. The zero-order chi connectivity index (χ0) is 21.4. The fourth-order valence-electron chi connectivity index (χ4n) is 3.12. The highest BCUT2D eigenvalue weighted by Crippen LogP contribution is 2.27. The van der Waals surface area contributed by atoms with E-state index in [2.05, 4.69) is 42.5 Å². The van der Waals surface area contributed by atoms with Crippen LogP contribution in [0.25, 0.3) is 38.7 Å². The van der Waals surface area contributed by atoms with E-state index in [0.29, 0.717) is 27.4 Å². The number of hydrogen-bond donors (Lipinski definition) is 2. The number of H-pyrrole nitrogens is 1. The fourth-order valence-corrected chi connectivity index (χ4v) is 4.28. The Kier molecular flexibility index (Phi) is 4.86. The molecule has 31 heavy (non-hydrogen) atoms. The molecule has 0 amide bonds. The van der Waals surface area contributed by atoms with Crippen molar-refractivity contribution in [3.63, 3.8) is 0 Å². The van der Waals surface area contributed by atoms with Gasteiger partial charge in [-0.1, -0.05) is 15.9 Å².